The van der Waals surface area contributed by atoms with Gasteiger partial charge in [-0.05, 0) is 49.2 Å². The van der Waals surface area contributed by atoms with Crippen molar-refractivity contribution in [3.05, 3.63) is 97.1 Å². The lowest BCUT2D eigenvalue weighted by Gasteiger charge is -2.10. The summed E-state index contributed by atoms with van der Waals surface area (Å²) in [6.07, 6.45) is 6.75. The Morgan fingerprint density at radius 2 is 0.881 bits per heavy atom. The molecule has 42 heavy (non-hydrogen) atoms. The Morgan fingerprint density at radius 3 is 1.36 bits per heavy atom. The molecule has 6 heteroatoms. The van der Waals surface area contributed by atoms with Crippen LogP contribution in [0.3, 0.4) is 0 Å². The second-order valence-corrected chi connectivity index (χ2v) is 10.8. The van der Waals surface area contributed by atoms with Crippen LogP contribution in [0.5, 0.6) is 0 Å². The number of amides is 2. The van der Waals surface area contributed by atoms with E-state index in [1.165, 1.54) is 0 Å². The summed E-state index contributed by atoms with van der Waals surface area (Å²) in [7, 11) is 0. The zero-order chi connectivity index (χ0) is 28.7. The number of para-hydroxylation sites is 4. The van der Waals surface area contributed by atoms with Crippen molar-refractivity contribution in [1.29, 1.82) is 0 Å². The molecule has 210 valence electrons. The molecule has 0 unspecified atom stereocenters. The molecule has 2 aromatic heterocycles. The fourth-order valence-corrected chi connectivity index (χ4v) is 5.51. The highest BCUT2D eigenvalue weighted by Gasteiger charge is 2.10. The van der Waals surface area contributed by atoms with E-state index >= 15 is 0 Å². The number of anilines is 2. The number of pyridine rings is 2. The van der Waals surface area contributed by atoms with E-state index in [2.05, 4.69) is 22.8 Å². The van der Waals surface area contributed by atoms with Crippen LogP contribution < -0.4 is 10.6 Å². The third-order valence-electron chi connectivity index (χ3n) is 7.70. The van der Waals surface area contributed by atoms with Gasteiger partial charge in [0.25, 0.3) is 0 Å². The summed E-state index contributed by atoms with van der Waals surface area (Å²) in [4.78, 5) is 34.8. The fourth-order valence-electron chi connectivity index (χ4n) is 5.51. The number of hydrogen-bond donors (Lipinski definition) is 2. The van der Waals surface area contributed by atoms with E-state index in [1.807, 2.05) is 84.9 Å². The number of aromatic nitrogens is 2. The first kappa shape index (κ1) is 27.3. The number of rotatable bonds is 11. The Morgan fingerprint density at radius 1 is 0.476 bits per heavy atom. The molecule has 0 aliphatic rings. The fraction of sp³-hybridized carbons (Fsp3) is 0.222. The van der Waals surface area contributed by atoms with E-state index < -0.39 is 0 Å². The van der Waals surface area contributed by atoms with Crippen molar-refractivity contribution in [2.24, 2.45) is 0 Å². The van der Waals surface area contributed by atoms with Crippen LogP contribution in [0.2, 0.25) is 0 Å². The van der Waals surface area contributed by atoms with E-state index in [4.69, 9.17) is 9.97 Å². The number of carbonyl (C=O) groups is 2. The normalized spacial score (nSPS) is 11.3. The number of hydrogen-bond acceptors (Lipinski definition) is 4. The van der Waals surface area contributed by atoms with E-state index in [9.17, 15) is 9.59 Å². The SMILES string of the molecule is O=C(CCCCCCCCC(=O)Nc1cccc2cc3ccccc3nc12)Nc1cccc2cc3ccccc3nc12. The second kappa shape index (κ2) is 12.8. The predicted octanol–water partition coefficient (Wildman–Crippen LogP) is 8.79. The molecular formula is C36H34N4O2. The molecule has 6 nitrogen and oxygen atoms in total. The third-order valence-corrected chi connectivity index (χ3v) is 7.70. The van der Waals surface area contributed by atoms with Crippen LogP contribution in [0, 0.1) is 0 Å². The summed E-state index contributed by atoms with van der Waals surface area (Å²) in [6, 6.07) is 32.0. The van der Waals surface area contributed by atoms with Gasteiger partial charge in [0, 0.05) is 34.4 Å². The van der Waals surface area contributed by atoms with Gasteiger partial charge in [-0.2, -0.15) is 0 Å². The van der Waals surface area contributed by atoms with Crippen molar-refractivity contribution in [2.75, 3.05) is 10.6 Å². The molecule has 0 saturated carbocycles. The van der Waals surface area contributed by atoms with E-state index in [1.54, 1.807) is 0 Å². The molecule has 0 radical (unpaired) electrons. The van der Waals surface area contributed by atoms with Gasteiger partial charge in [0.05, 0.1) is 33.4 Å². The van der Waals surface area contributed by atoms with Crippen LogP contribution in [0.4, 0.5) is 11.4 Å². The van der Waals surface area contributed by atoms with Gasteiger partial charge in [0.15, 0.2) is 0 Å². The Balaban J connectivity index is 0.905. The highest BCUT2D eigenvalue weighted by atomic mass is 16.2. The molecular weight excluding hydrogens is 520 g/mol. The number of unbranched alkanes of at least 4 members (excludes halogenated alkanes) is 5. The monoisotopic (exact) mass is 554 g/mol. The lowest BCUT2D eigenvalue weighted by atomic mass is 10.1. The maximum Gasteiger partial charge on any atom is 0.224 e. The average Bonchev–Trinajstić information content (AvgIpc) is 3.01. The Hall–Kier alpha value is -4.84. The number of nitrogens with zero attached hydrogens (tertiary/aromatic N) is 2. The largest absolute Gasteiger partial charge is 0.324 e. The zero-order valence-corrected chi connectivity index (χ0v) is 23.6. The summed E-state index contributed by atoms with van der Waals surface area (Å²) in [5.74, 6) is 0.0371. The van der Waals surface area contributed by atoms with Gasteiger partial charge in [-0.15, -0.1) is 0 Å². The van der Waals surface area contributed by atoms with Crippen LogP contribution in [0.25, 0.3) is 43.6 Å². The van der Waals surface area contributed by atoms with Gasteiger partial charge in [0.2, 0.25) is 11.8 Å². The molecule has 0 saturated heterocycles. The van der Waals surface area contributed by atoms with Gasteiger partial charge in [0.1, 0.15) is 0 Å². The minimum absolute atomic E-state index is 0.0186. The van der Waals surface area contributed by atoms with Crippen LogP contribution in [0.15, 0.2) is 97.1 Å². The Labute approximate surface area is 245 Å². The summed E-state index contributed by atoms with van der Waals surface area (Å²) < 4.78 is 0. The third kappa shape index (κ3) is 6.39. The maximum atomic E-state index is 12.6. The van der Waals surface area contributed by atoms with Crippen molar-refractivity contribution in [1.82, 2.24) is 9.97 Å². The molecule has 0 spiro atoms. The lowest BCUT2D eigenvalue weighted by Crippen LogP contribution is -2.12. The number of fused-ring (bicyclic) bond motifs is 4. The van der Waals surface area contributed by atoms with Gasteiger partial charge in [-0.3, -0.25) is 9.59 Å². The van der Waals surface area contributed by atoms with Gasteiger partial charge >= 0.3 is 0 Å². The van der Waals surface area contributed by atoms with Gasteiger partial charge in [-0.1, -0.05) is 86.3 Å². The first-order valence-corrected chi connectivity index (χ1v) is 14.8. The van der Waals surface area contributed by atoms with Crippen molar-refractivity contribution >= 4 is 66.8 Å². The Kier molecular flexibility index (Phi) is 8.31. The predicted molar refractivity (Wildman–Crippen MR) is 173 cm³/mol. The molecule has 0 aliphatic carbocycles. The highest BCUT2D eigenvalue weighted by Crippen LogP contribution is 2.27. The molecule has 2 N–H and O–H groups in total. The summed E-state index contributed by atoms with van der Waals surface area (Å²) in [5.41, 5.74) is 4.99. The molecule has 0 fully saturated rings. The minimum atomic E-state index is 0.0186. The zero-order valence-electron chi connectivity index (χ0n) is 23.6. The second-order valence-electron chi connectivity index (χ2n) is 10.8. The van der Waals surface area contributed by atoms with E-state index in [-0.39, 0.29) is 11.8 Å². The Bertz CT molecular complexity index is 1760. The number of carbonyl (C=O) groups excluding carboxylic acids is 2. The maximum absolute atomic E-state index is 12.6. The molecule has 4 aromatic carbocycles. The molecule has 6 aromatic rings. The van der Waals surface area contributed by atoms with Gasteiger partial charge in [-0.25, -0.2) is 9.97 Å². The summed E-state index contributed by atoms with van der Waals surface area (Å²) in [6.45, 7) is 0. The first-order chi connectivity index (χ1) is 20.6. The molecule has 0 atom stereocenters. The van der Waals surface area contributed by atoms with Crippen LogP contribution in [-0.4, -0.2) is 21.8 Å². The lowest BCUT2D eigenvalue weighted by molar-refractivity contribution is -0.117. The number of benzene rings is 4. The molecule has 2 heterocycles. The average molecular weight is 555 g/mol. The van der Waals surface area contributed by atoms with Crippen molar-refractivity contribution in [3.8, 4) is 0 Å². The highest BCUT2D eigenvalue weighted by molar-refractivity contribution is 6.04. The summed E-state index contributed by atoms with van der Waals surface area (Å²) >= 11 is 0. The molecule has 6 rings (SSSR count). The van der Waals surface area contributed by atoms with Gasteiger partial charge < -0.3 is 10.6 Å². The molecule has 0 bridgehead atoms. The molecule has 2 amide bonds. The van der Waals surface area contributed by atoms with Crippen LogP contribution in [0.1, 0.15) is 51.4 Å². The smallest absolute Gasteiger partial charge is 0.224 e. The topological polar surface area (TPSA) is 84.0 Å². The van der Waals surface area contributed by atoms with E-state index in [0.717, 1.165) is 93.5 Å². The molecule has 0 aliphatic heterocycles. The summed E-state index contributed by atoms with van der Waals surface area (Å²) in [5, 5.41) is 10.3. The van der Waals surface area contributed by atoms with Crippen molar-refractivity contribution in [2.45, 2.75) is 51.4 Å². The quantitative estimate of drug-likeness (QED) is 0.124. The first-order valence-electron chi connectivity index (χ1n) is 14.8. The number of nitrogens with one attached hydrogen (secondary N) is 2. The van der Waals surface area contributed by atoms with Crippen LogP contribution >= 0.6 is 0 Å². The van der Waals surface area contributed by atoms with E-state index in [0.29, 0.717) is 12.8 Å². The van der Waals surface area contributed by atoms with Crippen LogP contribution in [-0.2, 0) is 9.59 Å². The minimum Gasteiger partial charge on any atom is -0.324 e. The van der Waals surface area contributed by atoms with Crippen molar-refractivity contribution in [3.63, 3.8) is 0 Å². The standard InChI is InChI=1S/C36H34N4O2/c41-33(37-31-19-11-15-27-23-25-13-7-9-17-29(25)39-35(27)31)21-5-3-1-2-4-6-22-34(42)38-32-20-12-16-28-24-26-14-8-10-18-30(26)40-36(28)32/h7-20,23-24H,1-6,21-22H2,(H,37,41)(H,38,42). The van der Waals surface area contributed by atoms with Crippen molar-refractivity contribution < 1.29 is 9.59 Å².